The topological polar surface area (TPSA) is 64.4 Å². The van der Waals surface area contributed by atoms with Gasteiger partial charge in [0.2, 0.25) is 0 Å². The molecule has 2 rings (SSSR count). The molecule has 1 aromatic heterocycles. The number of carbonyl (C=O) groups excluding carboxylic acids is 1. The number of rotatable bonds is 6. The minimum atomic E-state index is -0.122. The molecule has 0 spiro atoms. The van der Waals surface area contributed by atoms with Crippen molar-refractivity contribution >= 4 is 5.91 Å². The minimum absolute atomic E-state index is 0.122. The summed E-state index contributed by atoms with van der Waals surface area (Å²) in [6.45, 7) is 9.10. The number of hydrogen-bond donors (Lipinski definition) is 1. The molecule has 0 saturated heterocycles. The molecule has 0 aliphatic heterocycles. The third-order valence-corrected chi connectivity index (χ3v) is 4.39. The lowest BCUT2D eigenvalue weighted by Crippen LogP contribution is -2.32. The van der Waals surface area contributed by atoms with Gasteiger partial charge >= 0.3 is 0 Å². The van der Waals surface area contributed by atoms with Gasteiger partial charge < -0.3 is 14.6 Å². The van der Waals surface area contributed by atoms with Gasteiger partial charge in [0.05, 0.1) is 18.4 Å². The van der Waals surface area contributed by atoms with Crippen LogP contribution < -0.4 is 5.32 Å². The number of nitrogens with one attached hydrogen (secondary N) is 1. The van der Waals surface area contributed by atoms with Gasteiger partial charge in [-0.3, -0.25) is 4.79 Å². The highest BCUT2D eigenvalue weighted by atomic mass is 16.5. The van der Waals surface area contributed by atoms with Crippen molar-refractivity contribution in [2.75, 3.05) is 13.2 Å². The van der Waals surface area contributed by atoms with Crippen molar-refractivity contribution in [3.05, 3.63) is 17.0 Å². The molecule has 1 amide bonds. The van der Waals surface area contributed by atoms with E-state index in [2.05, 4.69) is 17.4 Å². The van der Waals surface area contributed by atoms with Crippen LogP contribution >= 0.6 is 0 Å². The van der Waals surface area contributed by atoms with Crippen molar-refractivity contribution < 1.29 is 14.1 Å². The average Bonchev–Trinajstić information content (AvgIpc) is 2.87. The normalized spacial score (nSPS) is 22.0. The maximum Gasteiger partial charge on any atom is 0.256 e. The van der Waals surface area contributed by atoms with Gasteiger partial charge in [-0.05, 0) is 25.7 Å². The Morgan fingerprint density at radius 3 is 2.82 bits per heavy atom. The molecule has 2 unspecified atom stereocenters. The Hall–Kier alpha value is -1.36. The summed E-state index contributed by atoms with van der Waals surface area (Å²) in [5, 5.41) is 6.82. The second-order valence-corrected chi connectivity index (χ2v) is 6.59. The van der Waals surface area contributed by atoms with Crippen LogP contribution in [0.4, 0.5) is 0 Å². The Morgan fingerprint density at radius 1 is 1.41 bits per heavy atom. The Bertz CT molecular complexity index is 496. The second-order valence-electron chi connectivity index (χ2n) is 6.59. The first kappa shape index (κ1) is 17.0. The van der Waals surface area contributed by atoms with Crippen molar-refractivity contribution in [2.24, 2.45) is 5.92 Å². The Morgan fingerprint density at radius 2 is 2.14 bits per heavy atom. The second kappa shape index (κ2) is 7.77. The number of nitrogens with zero attached hydrogens (tertiary/aromatic N) is 1. The fraction of sp³-hybridized carbons (Fsp3) is 0.765. The predicted octanol–water partition coefficient (Wildman–Crippen LogP) is 3.43. The van der Waals surface area contributed by atoms with Crippen LogP contribution in [0, 0.1) is 12.8 Å². The van der Waals surface area contributed by atoms with E-state index >= 15 is 0 Å². The van der Waals surface area contributed by atoms with Crippen LogP contribution in [0.2, 0.25) is 0 Å². The van der Waals surface area contributed by atoms with Crippen molar-refractivity contribution in [2.45, 2.75) is 65.4 Å². The fourth-order valence-corrected chi connectivity index (χ4v) is 3.05. The number of ether oxygens (including phenoxy) is 1. The zero-order valence-corrected chi connectivity index (χ0v) is 14.1. The van der Waals surface area contributed by atoms with E-state index in [0.717, 1.165) is 6.42 Å². The first-order valence-electron chi connectivity index (χ1n) is 8.36. The Labute approximate surface area is 132 Å². The van der Waals surface area contributed by atoms with E-state index in [9.17, 15) is 4.79 Å². The maximum absolute atomic E-state index is 12.3. The van der Waals surface area contributed by atoms with Gasteiger partial charge in [-0.1, -0.05) is 38.8 Å². The summed E-state index contributed by atoms with van der Waals surface area (Å²) in [6, 6.07) is 0. The van der Waals surface area contributed by atoms with Crippen LogP contribution in [0.1, 0.15) is 74.2 Å². The molecule has 0 radical (unpaired) electrons. The lowest BCUT2D eigenvalue weighted by molar-refractivity contribution is -0.00294. The Kier molecular flexibility index (Phi) is 6.00. The van der Waals surface area contributed by atoms with Crippen LogP contribution in [0.3, 0.4) is 0 Å². The molecule has 1 aromatic rings. The first-order chi connectivity index (χ1) is 10.5. The van der Waals surface area contributed by atoms with Crippen molar-refractivity contribution in [3.8, 4) is 0 Å². The largest absolute Gasteiger partial charge is 0.376 e. The molecule has 1 aliphatic carbocycles. The van der Waals surface area contributed by atoms with E-state index in [1.54, 1.807) is 6.92 Å². The van der Waals surface area contributed by atoms with E-state index in [1.807, 2.05) is 13.8 Å². The number of amides is 1. The van der Waals surface area contributed by atoms with Crippen LogP contribution in [-0.4, -0.2) is 30.3 Å². The molecular formula is C17H28N2O3. The van der Waals surface area contributed by atoms with Gasteiger partial charge in [0, 0.05) is 12.5 Å². The smallest absolute Gasteiger partial charge is 0.256 e. The highest BCUT2D eigenvalue weighted by Crippen LogP contribution is 2.26. The monoisotopic (exact) mass is 308 g/mol. The summed E-state index contributed by atoms with van der Waals surface area (Å²) in [4.78, 5) is 12.3. The molecule has 2 atom stereocenters. The lowest BCUT2D eigenvalue weighted by Gasteiger charge is -2.28. The van der Waals surface area contributed by atoms with E-state index < -0.39 is 0 Å². The average molecular weight is 308 g/mol. The summed E-state index contributed by atoms with van der Waals surface area (Å²) in [6.07, 6.45) is 5.28. The molecule has 1 heterocycles. The van der Waals surface area contributed by atoms with E-state index in [-0.39, 0.29) is 11.8 Å². The molecule has 5 nitrogen and oxygen atoms in total. The number of hydrogen-bond acceptors (Lipinski definition) is 4. The molecule has 1 N–H and O–H groups in total. The summed E-state index contributed by atoms with van der Waals surface area (Å²) >= 11 is 0. The van der Waals surface area contributed by atoms with Crippen molar-refractivity contribution in [1.29, 1.82) is 0 Å². The zero-order chi connectivity index (χ0) is 16.1. The summed E-state index contributed by atoms with van der Waals surface area (Å²) in [5.41, 5.74) is 1.21. The molecule has 5 heteroatoms. The standard InChI is InChI=1S/C17H28N2O3/c1-11(2)16-15(13(4)19-22-16)17(20)18-9-10-21-14-8-6-5-7-12(14)3/h11-12,14H,5-10H2,1-4H3,(H,18,20). The van der Waals surface area contributed by atoms with Gasteiger partial charge in [0.1, 0.15) is 5.56 Å². The SMILES string of the molecule is Cc1noc(C(C)C)c1C(=O)NCCOC1CCCCC1C. The van der Waals surface area contributed by atoms with Gasteiger partial charge in [-0.25, -0.2) is 0 Å². The zero-order valence-electron chi connectivity index (χ0n) is 14.1. The molecule has 1 aliphatic rings. The van der Waals surface area contributed by atoms with Gasteiger partial charge in [-0.2, -0.15) is 0 Å². The van der Waals surface area contributed by atoms with Crippen molar-refractivity contribution in [3.63, 3.8) is 0 Å². The van der Waals surface area contributed by atoms with Gasteiger partial charge in [0.25, 0.3) is 5.91 Å². The molecule has 1 saturated carbocycles. The minimum Gasteiger partial charge on any atom is -0.376 e. The number of carbonyl (C=O) groups is 1. The number of aromatic nitrogens is 1. The summed E-state index contributed by atoms with van der Waals surface area (Å²) < 4.78 is 11.2. The highest BCUT2D eigenvalue weighted by molar-refractivity contribution is 5.96. The maximum atomic E-state index is 12.3. The summed E-state index contributed by atoms with van der Waals surface area (Å²) in [5.74, 6) is 1.29. The first-order valence-corrected chi connectivity index (χ1v) is 8.36. The Balaban J connectivity index is 1.79. The molecule has 1 fully saturated rings. The van der Waals surface area contributed by atoms with Crippen molar-refractivity contribution in [1.82, 2.24) is 10.5 Å². The summed E-state index contributed by atoms with van der Waals surface area (Å²) in [7, 11) is 0. The van der Waals surface area contributed by atoms with E-state index in [4.69, 9.17) is 9.26 Å². The molecule has 0 bridgehead atoms. The van der Waals surface area contributed by atoms with Crippen LogP contribution in [-0.2, 0) is 4.74 Å². The van der Waals surface area contributed by atoms with E-state index in [1.165, 1.54) is 19.3 Å². The lowest BCUT2D eigenvalue weighted by atomic mass is 9.88. The van der Waals surface area contributed by atoms with Crippen LogP contribution in [0.5, 0.6) is 0 Å². The van der Waals surface area contributed by atoms with E-state index in [0.29, 0.717) is 42.2 Å². The molecule has 0 aromatic carbocycles. The van der Waals surface area contributed by atoms with Crippen LogP contribution in [0.25, 0.3) is 0 Å². The van der Waals surface area contributed by atoms with Gasteiger partial charge in [0.15, 0.2) is 5.76 Å². The molecular weight excluding hydrogens is 280 g/mol. The highest BCUT2D eigenvalue weighted by Gasteiger charge is 2.23. The number of aryl methyl sites for hydroxylation is 1. The molecule has 124 valence electrons. The fourth-order valence-electron chi connectivity index (χ4n) is 3.05. The third kappa shape index (κ3) is 4.09. The predicted molar refractivity (Wildman–Crippen MR) is 85.0 cm³/mol. The van der Waals surface area contributed by atoms with Crippen LogP contribution in [0.15, 0.2) is 4.52 Å². The molecule has 22 heavy (non-hydrogen) atoms. The quantitative estimate of drug-likeness (QED) is 0.818. The third-order valence-electron chi connectivity index (χ3n) is 4.39. The van der Waals surface area contributed by atoms with Gasteiger partial charge in [-0.15, -0.1) is 0 Å².